The molecule has 0 N–H and O–H groups in total. The third kappa shape index (κ3) is 5.01. The van der Waals surface area contributed by atoms with Gasteiger partial charge in [-0.25, -0.2) is 0 Å². The summed E-state index contributed by atoms with van der Waals surface area (Å²) in [6.07, 6.45) is 0. The average Bonchev–Trinajstić information content (AvgIpc) is 1.82. The molecule has 0 saturated carbocycles. The van der Waals surface area contributed by atoms with Crippen LogP contribution in [0.25, 0.3) is 0 Å². The molecule has 2 atom stereocenters. The molecule has 9 heavy (non-hydrogen) atoms. The third-order valence-electron chi connectivity index (χ3n) is 0.980. The van der Waals surface area contributed by atoms with Crippen molar-refractivity contribution in [1.29, 1.82) is 0 Å². The molecule has 0 radical (unpaired) electrons. The maximum absolute atomic E-state index is 5.74. The molecule has 3 heteroatoms. The Morgan fingerprint density at radius 1 is 1.44 bits per heavy atom. The Balaban J connectivity index is 3.16. The van der Waals surface area contributed by atoms with Crippen molar-refractivity contribution in [2.24, 2.45) is 0 Å². The largest absolute Gasteiger partial charge is 0.380 e. The maximum atomic E-state index is 5.74. The van der Waals surface area contributed by atoms with E-state index >= 15 is 0 Å². The fourth-order valence-corrected chi connectivity index (χ4v) is 0.525. The molecule has 2 unspecified atom stereocenters. The lowest BCUT2D eigenvalue weighted by molar-refractivity contribution is 0.147. The van der Waals surface area contributed by atoms with Crippen molar-refractivity contribution in [3.63, 3.8) is 0 Å². The zero-order chi connectivity index (χ0) is 7.28. The molecule has 0 fully saturated rings. The number of hydrogen-bond donors (Lipinski definition) is 0. The van der Waals surface area contributed by atoms with Crippen molar-refractivity contribution >= 4 is 23.2 Å². The lowest BCUT2D eigenvalue weighted by Gasteiger charge is -2.09. The van der Waals surface area contributed by atoms with E-state index in [-0.39, 0.29) is 10.8 Å². The van der Waals surface area contributed by atoms with Crippen LogP contribution in [-0.4, -0.2) is 24.0 Å². The van der Waals surface area contributed by atoms with Crippen LogP contribution in [0.4, 0.5) is 0 Å². The van der Waals surface area contributed by atoms with E-state index in [1.54, 1.807) is 0 Å². The lowest BCUT2D eigenvalue weighted by atomic mass is 10.3. The first-order chi connectivity index (χ1) is 4.18. The predicted octanol–water partition coefficient (Wildman–Crippen LogP) is 2.26. The number of alkyl halides is 2. The van der Waals surface area contributed by atoms with E-state index in [0.717, 1.165) is 0 Å². The summed E-state index contributed by atoms with van der Waals surface area (Å²) in [6.45, 7) is 5.04. The summed E-state index contributed by atoms with van der Waals surface area (Å²) < 4.78 is 5.04. The van der Waals surface area contributed by atoms with Crippen LogP contribution in [0.15, 0.2) is 0 Å². The molecular weight excluding hydrogens is 159 g/mol. The molecule has 0 amide bonds. The van der Waals surface area contributed by atoms with Crippen LogP contribution in [0.5, 0.6) is 0 Å². The van der Waals surface area contributed by atoms with Crippen LogP contribution < -0.4 is 0 Å². The highest BCUT2D eigenvalue weighted by Gasteiger charge is 2.09. The van der Waals surface area contributed by atoms with Crippen LogP contribution in [0.3, 0.4) is 0 Å². The van der Waals surface area contributed by atoms with Gasteiger partial charge in [0.2, 0.25) is 0 Å². The summed E-state index contributed by atoms with van der Waals surface area (Å²) in [7, 11) is 0. The quantitative estimate of drug-likeness (QED) is 0.589. The monoisotopic (exact) mass is 170 g/mol. The smallest absolute Gasteiger partial charge is 0.0730 e. The lowest BCUT2D eigenvalue weighted by Crippen LogP contribution is -2.17. The second-order valence-electron chi connectivity index (χ2n) is 1.85. The summed E-state index contributed by atoms with van der Waals surface area (Å²) >= 11 is 11.4. The van der Waals surface area contributed by atoms with Gasteiger partial charge in [0, 0.05) is 12.0 Å². The summed E-state index contributed by atoms with van der Waals surface area (Å²) in [5, 5.41) is -0.0789. The van der Waals surface area contributed by atoms with Crippen LogP contribution in [0.2, 0.25) is 0 Å². The first-order valence-electron chi connectivity index (χ1n) is 3.04. The zero-order valence-electron chi connectivity index (χ0n) is 5.73. The van der Waals surface area contributed by atoms with E-state index < -0.39 is 0 Å². The first-order valence-corrected chi connectivity index (χ1v) is 3.91. The molecule has 0 bridgehead atoms. The Kier molecular flexibility index (Phi) is 5.65. The third-order valence-corrected chi connectivity index (χ3v) is 1.92. The summed E-state index contributed by atoms with van der Waals surface area (Å²) in [5.41, 5.74) is 0. The molecule has 0 heterocycles. The highest BCUT2D eigenvalue weighted by Crippen LogP contribution is 2.08. The van der Waals surface area contributed by atoms with E-state index in [4.69, 9.17) is 27.9 Å². The van der Waals surface area contributed by atoms with Crippen molar-refractivity contribution in [3.8, 4) is 0 Å². The standard InChI is InChI=1S/C6H12Cl2O/c1-3-9-4-6(8)5(2)7/h5-6H,3-4H2,1-2H3. The molecule has 1 nitrogen and oxygen atoms in total. The topological polar surface area (TPSA) is 9.23 Å². The second-order valence-corrected chi connectivity index (χ2v) is 3.10. The van der Waals surface area contributed by atoms with Gasteiger partial charge in [-0.3, -0.25) is 0 Å². The summed E-state index contributed by atoms with van der Waals surface area (Å²) in [5.74, 6) is 0. The maximum Gasteiger partial charge on any atom is 0.0730 e. The SMILES string of the molecule is CCOCC(Cl)C(C)Cl. The van der Waals surface area contributed by atoms with Gasteiger partial charge in [-0.2, -0.15) is 0 Å². The first kappa shape index (κ1) is 9.54. The van der Waals surface area contributed by atoms with Gasteiger partial charge in [-0.15, -0.1) is 23.2 Å². The van der Waals surface area contributed by atoms with Crippen molar-refractivity contribution < 1.29 is 4.74 Å². The average molecular weight is 171 g/mol. The molecule has 0 aliphatic rings. The van der Waals surface area contributed by atoms with Crippen molar-refractivity contribution in [1.82, 2.24) is 0 Å². The van der Waals surface area contributed by atoms with Crippen molar-refractivity contribution in [3.05, 3.63) is 0 Å². The Bertz CT molecular complexity index is 66.1. The minimum absolute atomic E-state index is 0.0155. The molecular formula is C6H12Cl2O. The van der Waals surface area contributed by atoms with E-state index in [1.165, 1.54) is 0 Å². The normalized spacial score (nSPS) is 17.3. The molecule has 0 spiro atoms. The van der Waals surface area contributed by atoms with Gasteiger partial charge < -0.3 is 4.74 Å². The molecule has 0 aromatic rings. The molecule has 0 aromatic heterocycles. The zero-order valence-corrected chi connectivity index (χ0v) is 7.24. The molecule has 0 aromatic carbocycles. The summed E-state index contributed by atoms with van der Waals surface area (Å²) in [4.78, 5) is 0. The number of halogens is 2. The Hall–Kier alpha value is 0.540. The Morgan fingerprint density at radius 3 is 2.33 bits per heavy atom. The van der Waals surface area contributed by atoms with E-state index in [1.807, 2.05) is 13.8 Å². The van der Waals surface area contributed by atoms with Gasteiger partial charge in [-0.05, 0) is 13.8 Å². The van der Waals surface area contributed by atoms with E-state index in [9.17, 15) is 0 Å². The fraction of sp³-hybridized carbons (Fsp3) is 1.00. The molecule has 56 valence electrons. The Morgan fingerprint density at radius 2 is 2.00 bits per heavy atom. The van der Waals surface area contributed by atoms with Crippen LogP contribution in [0.1, 0.15) is 13.8 Å². The molecule has 0 saturated heterocycles. The van der Waals surface area contributed by atoms with Gasteiger partial charge in [-0.1, -0.05) is 0 Å². The molecule has 0 aliphatic heterocycles. The molecule has 0 aliphatic carbocycles. The highest BCUT2D eigenvalue weighted by atomic mass is 35.5. The Labute approximate surface area is 66.3 Å². The van der Waals surface area contributed by atoms with E-state index in [0.29, 0.717) is 13.2 Å². The van der Waals surface area contributed by atoms with Gasteiger partial charge in [0.1, 0.15) is 0 Å². The van der Waals surface area contributed by atoms with Gasteiger partial charge in [0.15, 0.2) is 0 Å². The van der Waals surface area contributed by atoms with Gasteiger partial charge in [0.05, 0.1) is 12.0 Å². The number of hydrogen-bond acceptors (Lipinski definition) is 1. The predicted molar refractivity (Wildman–Crippen MR) is 41.4 cm³/mol. The highest BCUT2D eigenvalue weighted by molar-refractivity contribution is 6.29. The number of rotatable bonds is 4. The van der Waals surface area contributed by atoms with Gasteiger partial charge in [0.25, 0.3) is 0 Å². The van der Waals surface area contributed by atoms with Crippen molar-refractivity contribution in [2.45, 2.75) is 24.6 Å². The second kappa shape index (κ2) is 5.33. The van der Waals surface area contributed by atoms with Crippen LogP contribution >= 0.6 is 23.2 Å². The fourth-order valence-electron chi connectivity index (χ4n) is 0.363. The van der Waals surface area contributed by atoms with E-state index in [2.05, 4.69) is 0 Å². The van der Waals surface area contributed by atoms with Crippen LogP contribution in [-0.2, 0) is 4.74 Å². The van der Waals surface area contributed by atoms with Gasteiger partial charge >= 0.3 is 0 Å². The van der Waals surface area contributed by atoms with Crippen LogP contribution in [0, 0.1) is 0 Å². The summed E-state index contributed by atoms with van der Waals surface area (Å²) in [6, 6.07) is 0. The minimum atomic E-state index is -0.0633. The minimum Gasteiger partial charge on any atom is -0.380 e. The molecule has 0 rings (SSSR count). The van der Waals surface area contributed by atoms with Crippen molar-refractivity contribution in [2.75, 3.05) is 13.2 Å². The number of ether oxygens (including phenoxy) is 1.